The van der Waals surface area contributed by atoms with Crippen LogP contribution in [0.3, 0.4) is 0 Å². The molecule has 0 aromatic carbocycles. The summed E-state index contributed by atoms with van der Waals surface area (Å²) in [6.07, 6.45) is -0.602. The quantitative estimate of drug-likeness (QED) is 0.184. The van der Waals surface area contributed by atoms with E-state index in [9.17, 15) is 19.8 Å². The van der Waals surface area contributed by atoms with Crippen molar-refractivity contribution in [2.45, 2.75) is 97.9 Å². The minimum atomic E-state index is -1.28. The summed E-state index contributed by atoms with van der Waals surface area (Å²) in [4.78, 5) is 24.3. The monoisotopic (exact) mass is 484 g/mol. The molecule has 8 nitrogen and oxygen atoms in total. The van der Waals surface area contributed by atoms with E-state index in [4.69, 9.17) is 19.3 Å². The molecule has 8 heteroatoms. The van der Waals surface area contributed by atoms with E-state index in [2.05, 4.69) is 27.4 Å². The zero-order valence-electron chi connectivity index (χ0n) is 21.5. The first-order chi connectivity index (χ1) is 15.9. The van der Waals surface area contributed by atoms with Gasteiger partial charge in [0.2, 0.25) is 0 Å². The van der Waals surface area contributed by atoms with Crippen LogP contribution in [0.2, 0.25) is 0 Å². The van der Waals surface area contributed by atoms with E-state index in [1.165, 1.54) is 6.08 Å². The van der Waals surface area contributed by atoms with Gasteiger partial charge in [-0.25, -0.2) is 4.79 Å². The van der Waals surface area contributed by atoms with Crippen molar-refractivity contribution in [3.8, 4) is 0 Å². The molecule has 1 aliphatic rings. The van der Waals surface area contributed by atoms with E-state index < -0.39 is 37.2 Å². The summed E-state index contributed by atoms with van der Waals surface area (Å²) in [6.45, 7) is 15.1. The minimum Gasteiger partial charge on any atom is -0.459 e. The van der Waals surface area contributed by atoms with Crippen LogP contribution in [0.1, 0.15) is 67.2 Å². The Morgan fingerprint density at radius 1 is 1.06 bits per heavy atom. The molecular weight excluding hydrogens is 440 g/mol. The van der Waals surface area contributed by atoms with E-state index in [-0.39, 0.29) is 36.2 Å². The number of aliphatic hydroxyl groups is 3. The third-order valence-corrected chi connectivity index (χ3v) is 6.50. The lowest BCUT2D eigenvalue weighted by Gasteiger charge is -2.25. The van der Waals surface area contributed by atoms with Crippen LogP contribution in [-0.4, -0.2) is 71.0 Å². The summed E-state index contributed by atoms with van der Waals surface area (Å²) in [5.41, 5.74) is 1.66. The van der Waals surface area contributed by atoms with Crippen molar-refractivity contribution in [1.82, 2.24) is 0 Å². The second kappa shape index (κ2) is 14.7. The zero-order valence-corrected chi connectivity index (χ0v) is 21.5. The van der Waals surface area contributed by atoms with Gasteiger partial charge in [-0.15, -0.1) is 0 Å². The van der Waals surface area contributed by atoms with Gasteiger partial charge >= 0.3 is 5.97 Å². The maximum absolute atomic E-state index is 12.6. The fraction of sp³-hybridized carbons (Fsp3) is 0.769. The molecule has 1 heterocycles. The molecule has 0 bridgehead atoms. The number of ether oxygens (including phenoxy) is 3. The molecule has 0 spiro atoms. The maximum atomic E-state index is 12.6. The predicted octanol–water partition coefficient (Wildman–Crippen LogP) is 2.93. The number of carbonyl (C=O) groups is 2. The van der Waals surface area contributed by atoms with Gasteiger partial charge in [-0.2, -0.15) is 0 Å². The first kappa shape index (κ1) is 30.5. The second-order valence-electron chi connectivity index (χ2n) is 9.80. The molecule has 0 radical (unpaired) electrons. The SMILES string of the molecule is C=C(CC)[C@H](C)C[C@@H](C[C@@H](C)C[C@@H](C)C(C)=O)OC(=O)/C=C(\C)CO[C@H]1O[C@H](CO)[C@@H](O)[C@@H]1O. The molecule has 34 heavy (non-hydrogen) atoms. The highest BCUT2D eigenvalue weighted by molar-refractivity contribution is 5.82. The summed E-state index contributed by atoms with van der Waals surface area (Å²) in [5, 5.41) is 28.9. The predicted molar refractivity (Wildman–Crippen MR) is 129 cm³/mol. The molecule has 0 aromatic heterocycles. The van der Waals surface area contributed by atoms with Gasteiger partial charge in [0.1, 0.15) is 30.2 Å². The van der Waals surface area contributed by atoms with Gasteiger partial charge in [-0.05, 0) is 56.9 Å². The summed E-state index contributed by atoms with van der Waals surface area (Å²) in [6, 6.07) is 0. The lowest BCUT2D eigenvalue weighted by Crippen LogP contribution is -2.34. The lowest BCUT2D eigenvalue weighted by molar-refractivity contribution is -0.164. The highest BCUT2D eigenvalue weighted by Crippen LogP contribution is 2.26. The molecule has 8 atom stereocenters. The van der Waals surface area contributed by atoms with Crippen LogP contribution in [0, 0.1) is 17.8 Å². The third kappa shape index (κ3) is 9.96. The topological polar surface area (TPSA) is 123 Å². The molecule has 3 N–H and O–H groups in total. The van der Waals surface area contributed by atoms with Gasteiger partial charge in [0, 0.05) is 12.0 Å². The highest BCUT2D eigenvalue weighted by atomic mass is 16.7. The molecule has 196 valence electrons. The van der Waals surface area contributed by atoms with Crippen LogP contribution in [0.15, 0.2) is 23.8 Å². The molecule has 0 aromatic rings. The molecule has 1 saturated heterocycles. The summed E-state index contributed by atoms with van der Waals surface area (Å²) in [7, 11) is 0. The zero-order chi connectivity index (χ0) is 26.0. The highest BCUT2D eigenvalue weighted by Gasteiger charge is 2.43. The van der Waals surface area contributed by atoms with Crippen LogP contribution < -0.4 is 0 Å². The summed E-state index contributed by atoms with van der Waals surface area (Å²) >= 11 is 0. The Morgan fingerprint density at radius 3 is 2.24 bits per heavy atom. The van der Waals surface area contributed by atoms with Gasteiger partial charge in [-0.1, -0.05) is 39.8 Å². The number of esters is 1. The van der Waals surface area contributed by atoms with Gasteiger partial charge in [-0.3, -0.25) is 4.79 Å². The van der Waals surface area contributed by atoms with Crippen molar-refractivity contribution < 1.29 is 39.1 Å². The van der Waals surface area contributed by atoms with Gasteiger partial charge < -0.3 is 29.5 Å². The van der Waals surface area contributed by atoms with Crippen LogP contribution in [0.5, 0.6) is 0 Å². The smallest absolute Gasteiger partial charge is 0.331 e. The molecular formula is C26H44O8. The molecule has 0 saturated carbocycles. The van der Waals surface area contributed by atoms with Crippen LogP contribution in [0.25, 0.3) is 0 Å². The Balaban J connectivity index is 2.72. The van der Waals surface area contributed by atoms with Crippen molar-refractivity contribution in [3.05, 3.63) is 23.8 Å². The number of ketones is 1. The minimum absolute atomic E-state index is 0.0120. The summed E-state index contributed by atoms with van der Waals surface area (Å²) in [5.74, 6) is 0.0275. The van der Waals surface area contributed by atoms with Crippen LogP contribution >= 0.6 is 0 Å². The Morgan fingerprint density at radius 2 is 1.71 bits per heavy atom. The molecule has 1 aliphatic heterocycles. The molecule has 1 fully saturated rings. The molecule has 0 amide bonds. The van der Waals surface area contributed by atoms with Crippen molar-refractivity contribution in [1.29, 1.82) is 0 Å². The number of Topliss-reactive ketones (excluding diaryl/α,β-unsaturated/α-hetero) is 1. The Hall–Kier alpha value is -1.58. The van der Waals surface area contributed by atoms with E-state index >= 15 is 0 Å². The maximum Gasteiger partial charge on any atom is 0.331 e. The first-order valence-corrected chi connectivity index (χ1v) is 12.2. The molecule has 1 rings (SSSR count). The van der Waals surface area contributed by atoms with E-state index in [0.717, 1.165) is 18.4 Å². The summed E-state index contributed by atoms with van der Waals surface area (Å²) < 4.78 is 16.5. The standard InChI is InChI=1S/C26H44O8/c1-8-17(4)18(5)12-21(10-15(2)9-19(6)20(7)28)33-23(29)11-16(3)14-32-26-25(31)24(30)22(13-27)34-26/h11,15,18-19,21-22,24-27,30-31H,4,8-10,12-14H2,1-3,5-7H3/b16-11+/t15-,18+,19+,21+,22+,24+,25-,26-/m0/s1. The van der Waals surface area contributed by atoms with Crippen molar-refractivity contribution in [3.63, 3.8) is 0 Å². The van der Waals surface area contributed by atoms with Gasteiger partial charge in [0.15, 0.2) is 6.29 Å². The Labute approximate surface area is 204 Å². The van der Waals surface area contributed by atoms with Crippen molar-refractivity contribution in [2.75, 3.05) is 13.2 Å². The average Bonchev–Trinajstić information content (AvgIpc) is 3.04. The van der Waals surface area contributed by atoms with E-state index in [1.807, 2.05) is 6.92 Å². The fourth-order valence-electron chi connectivity index (χ4n) is 4.07. The third-order valence-electron chi connectivity index (χ3n) is 6.50. The average molecular weight is 485 g/mol. The number of hydrogen-bond donors (Lipinski definition) is 3. The van der Waals surface area contributed by atoms with E-state index in [1.54, 1.807) is 13.8 Å². The number of hydrogen-bond acceptors (Lipinski definition) is 8. The number of allylic oxidation sites excluding steroid dienone is 1. The molecule has 0 aliphatic carbocycles. The van der Waals surface area contributed by atoms with Crippen molar-refractivity contribution in [2.24, 2.45) is 17.8 Å². The normalized spacial score (nSPS) is 26.6. The lowest BCUT2D eigenvalue weighted by atomic mass is 9.86. The van der Waals surface area contributed by atoms with Gasteiger partial charge in [0.05, 0.1) is 13.2 Å². The van der Waals surface area contributed by atoms with Gasteiger partial charge in [0.25, 0.3) is 0 Å². The van der Waals surface area contributed by atoms with E-state index in [0.29, 0.717) is 18.4 Å². The largest absolute Gasteiger partial charge is 0.459 e. The van der Waals surface area contributed by atoms with Crippen LogP contribution in [-0.2, 0) is 23.8 Å². The Bertz CT molecular complexity index is 703. The number of carbonyl (C=O) groups excluding carboxylic acids is 2. The molecule has 0 unspecified atom stereocenters. The number of aliphatic hydroxyl groups excluding tert-OH is 3. The Kier molecular flexibility index (Phi) is 13.2. The fourth-order valence-corrected chi connectivity index (χ4v) is 4.07. The van der Waals surface area contributed by atoms with Crippen molar-refractivity contribution >= 4 is 11.8 Å². The number of rotatable bonds is 15. The first-order valence-electron chi connectivity index (χ1n) is 12.2. The second-order valence-corrected chi connectivity index (χ2v) is 9.80. The van der Waals surface area contributed by atoms with Crippen LogP contribution in [0.4, 0.5) is 0 Å².